The van der Waals surface area contributed by atoms with Gasteiger partial charge in [0.1, 0.15) is 6.10 Å². The van der Waals surface area contributed by atoms with Crippen LogP contribution in [0.1, 0.15) is 233 Å². The van der Waals surface area contributed by atoms with Crippen LogP contribution in [0.3, 0.4) is 0 Å². The lowest BCUT2D eigenvalue weighted by Crippen LogP contribution is -2.33. The van der Waals surface area contributed by atoms with Gasteiger partial charge >= 0.3 is 12.2 Å². The number of hydrogen-bond donors (Lipinski definition) is 1. The summed E-state index contributed by atoms with van der Waals surface area (Å²) in [6, 6.07) is 0. The molecule has 0 spiro atoms. The number of ether oxygens (including phenoxy) is 3. The van der Waals surface area contributed by atoms with Crippen LogP contribution in [0.2, 0.25) is 0 Å². The Kier molecular flexibility index (Phi) is 42.4. The van der Waals surface area contributed by atoms with Gasteiger partial charge in [0.2, 0.25) is 0 Å². The van der Waals surface area contributed by atoms with Gasteiger partial charge in [-0.1, -0.05) is 156 Å². The molecule has 1 unspecified atom stereocenters. The molecule has 0 aromatic heterocycles. The van der Waals surface area contributed by atoms with E-state index < -0.39 is 6.16 Å². The van der Waals surface area contributed by atoms with Crippen molar-refractivity contribution in [1.82, 2.24) is 9.80 Å². The highest BCUT2D eigenvalue weighted by molar-refractivity contribution is 5.67. The van der Waals surface area contributed by atoms with Crippen molar-refractivity contribution < 1.29 is 28.9 Å². The molecule has 1 N–H and O–H groups in total. The first-order chi connectivity index (χ1) is 27.0. The highest BCUT2D eigenvalue weighted by atomic mass is 16.7. The first kappa shape index (κ1) is 53.5. The Labute approximate surface area is 342 Å². The zero-order valence-electron chi connectivity index (χ0n) is 37.2. The van der Waals surface area contributed by atoms with E-state index in [0.29, 0.717) is 13.2 Å². The van der Waals surface area contributed by atoms with Gasteiger partial charge < -0.3 is 29.1 Å². The second-order valence-electron chi connectivity index (χ2n) is 16.3. The number of aliphatic hydroxyl groups is 1. The molecule has 0 aromatic rings. The second kappa shape index (κ2) is 43.6. The van der Waals surface area contributed by atoms with Crippen LogP contribution >= 0.6 is 0 Å². The molecule has 8 nitrogen and oxygen atoms in total. The van der Waals surface area contributed by atoms with E-state index >= 15 is 0 Å². The predicted octanol–water partition coefficient (Wildman–Crippen LogP) is 13.8. The van der Waals surface area contributed by atoms with Crippen molar-refractivity contribution in [3.8, 4) is 0 Å². The number of hydrogen-bond acceptors (Lipinski definition) is 7. The molecule has 0 aromatic carbocycles. The molecule has 0 radical (unpaired) electrons. The van der Waals surface area contributed by atoms with E-state index in [0.717, 1.165) is 135 Å². The smallest absolute Gasteiger partial charge is 0.449 e. The fourth-order valence-electron chi connectivity index (χ4n) is 7.26. The fourth-order valence-corrected chi connectivity index (χ4v) is 7.26. The number of nitrogens with zero attached hydrogens (tertiary/aromatic N) is 2. The molecule has 0 aliphatic carbocycles. The van der Waals surface area contributed by atoms with Crippen molar-refractivity contribution in [3.05, 3.63) is 0 Å². The lowest BCUT2D eigenvalue weighted by atomic mass is 10.0. The Bertz CT molecular complexity index is 799. The summed E-state index contributed by atoms with van der Waals surface area (Å²) in [6.07, 6.45) is 36.0. The first-order valence-corrected chi connectivity index (χ1v) is 24.1. The Morgan fingerprint density at radius 3 is 1.29 bits per heavy atom. The molecule has 1 atom stereocenters. The minimum absolute atomic E-state index is 0.00900. The van der Waals surface area contributed by atoms with Crippen molar-refractivity contribution in [2.45, 2.75) is 239 Å². The molecule has 0 rings (SSSR count). The van der Waals surface area contributed by atoms with Crippen molar-refractivity contribution in [1.29, 1.82) is 0 Å². The van der Waals surface area contributed by atoms with Gasteiger partial charge in [-0.05, 0) is 96.7 Å². The van der Waals surface area contributed by atoms with E-state index in [4.69, 9.17) is 14.2 Å². The minimum atomic E-state index is -0.483. The topological polar surface area (TPSA) is 88.5 Å². The van der Waals surface area contributed by atoms with Gasteiger partial charge in [0, 0.05) is 19.7 Å². The average Bonchev–Trinajstić information content (AvgIpc) is 3.18. The van der Waals surface area contributed by atoms with Crippen LogP contribution in [0, 0.1) is 0 Å². The van der Waals surface area contributed by atoms with Gasteiger partial charge in [-0.2, -0.15) is 0 Å². The van der Waals surface area contributed by atoms with Crippen molar-refractivity contribution in [2.75, 3.05) is 52.5 Å². The molecule has 0 fully saturated rings. The van der Waals surface area contributed by atoms with E-state index in [9.17, 15) is 14.7 Å². The van der Waals surface area contributed by atoms with E-state index in [1.165, 1.54) is 103 Å². The molecule has 0 saturated heterocycles. The van der Waals surface area contributed by atoms with Crippen LogP contribution in [0.25, 0.3) is 0 Å². The van der Waals surface area contributed by atoms with E-state index in [-0.39, 0.29) is 18.8 Å². The van der Waals surface area contributed by atoms with E-state index in [2.05, 4.69) is 32.6 Å². The lowest BCUT2D eigenvalue weighted by Gasteiger charge is -2.23. The molecule has 0 aliphatic rings. The quantitative estimate of drug-likeness (QED) is 0.0487. The number of carbonyl (C=O) groups excluding carboxylic acids is 2. The third-order valence-corrected chi connectivity index (χ3v) is 10.9. The number of unbranched alkanes of at least 4 members (excludes halogenated alkanes) is 23. The molecule has 0 heterocycles. The highest BCUT2D eigenvalue weighted by Crippen LogP contribution is 2.17. The Balaban J connectivity index is 4.32. The van der Waals surface area contributed by atoms with Crippen molar-refractivity contribution in [3.63, 3.8) is 0 Å². The van der Waals surface area contributed by atoms with Gasteiger partial charge in [0.15, 0.2) is 0 Å². The lowest BCUT2D eigenvalue weighted by molar-refractivity contribution is 0.0154. The standard InChI is InChI=1S/C47H94N2O6/c1-5-9-13-17-19-26-36-45(35-25-15-11-7-3)55-47(52)54-44-34-24-22-28-38-48(39-31-32-42-50)37-27-21-23-33-43-53-46(51)49(40-29-16-12-8-4)41-30-20-18-14-10-6-2/h45,50H,5-44H2,1-4H3. The normalized spacial score (nSPS) is 12.0. The molecule has 8 heteroatoms. The SMILES string of the molecule is CCCCCCCCC(CCCCCC)OC(=O)OCCCCCCN(CCCCO)CCCCCCOC(=O)N(CCCCCC)CCCCCCCC. The van der Waals surface area contributed by atoms with Gasteiger partial charge in [-0.25, -0.2) is 9.59 Å². The van der Waals surface area contributed by atoms with Crippen LogP contribution in [0.5, 0.6) is 0 Å². The summed E-state index contributed by atoms with van der Waals surface area (Å²) in [5.74, 6) is 0. The zero-order chi connectivity index (χ0) is 40.3. The summed E-state index contributed by atoms with van der Waals surface area (Å²) in [6.45, 7) is 15.0. The molecular formula is C47H94N2O6. The molecular weight excluding hydrogens is 689 g/mol. The van der Waals surface area contributed by atoms with Crippen LogP contribution < -0.4 is 0 Å². The molecule has 55 heavy (non-hydrogen) atoms. The summed E-state index contributed by atoms with van der Waals surface area (Å²) in [4.78, 5) is 29.9. The summed E-state index contributed by atoms with van der Waals surface area (Å²) >= 11 is 0. The average molecular weight is 783 g/mol. The predicted molar refractivity (Wildman–Crippen MR) is 233 cm³/mol. The fraction of sp³-hybridized carbons (Fsp3) is 0.957. The third-order valence-electron chi connectivity index (χ3n) is 10.9. The monoisotopic (exact) mass is 783 g/mol. The maximum atomic E-state index is 12.9. The van der Waals surface area contributed by atoms with E-state index in [1.807, 2.05) is 4.90 Å². The van der Waals surface area contributed by atoms with Crippen molar-refractivity contribution >= 4 is 12.2 Å². The molecule has 0 saturated carbocycles. The van der Waals surface area contributed by atoms with Gasteiger partial charge in [-0.15, -0.1) is 0 Å². The van der Waals surface area contributed by atoms with Crippen LogP contribution in [0.15, 0.2) is 0 Å². The maximum Gasteiger partial charge on any atom is 0.508 e. The summed E-state index contributed by atoms with van der Waals surface area (Å²) in [7, 11) is 0. The summed E-state index contributed by atoms with van der Waals surface area (Å²) in [5.41, 5.74) is 0. The number of aliphatic hydroxyl groups excluding tert-OH is 1. The van der Waals surface area contributed by atoms with Gasteiger partial charge in [-0.3, -0.25) is 0 Å². The maximum absolute atomic E-state index is 12.9. The minimum Gasteiger partial charge on any atom is -0.449 e. The van der Waals surface area contributed by atoms with Gasteiger partial charge in [0.05, 0.1) is 13.2 Å². The zero-order valence-corrected chi connectivity index (χ0v) is 37.2. The van der Waals surface area contributed by atoms with Gasteiger partial charge in [0.25, 0.3) is 0 Å². The molecule has 0 aliphatic heterocycles. The van der Waals surface area contributed by atoms with Crippen LogP contribution in [-0.2, 0) is 14.2 Å². The van der Waals surface area contributed by atoms with Crippen molar-refractivity contribution in [2.24, 2.45) is 0 Å². The number of carbonyl (C=O) groups is 2. The van der Waals surface area contributed by atoms with Crippen LogP contribution in [-0.4, -0.2) is 85.8 Å². The molecule has 1 amide bonds. The second-order valence-corrected chi connectivity index (χ2v) is 16.3. The number of rotatable bonds is 43. The molecule has 328 valence electrons. The Morgan fingerprint density at radius 1 is 0.436 bits per heavy atom. The number of amides is 1. The third kappa shape index (κ3) is 37.8. The first-order valence-electron chi connectivity index (χ1n) is 24.1. The summed E-state index contributed by atoms with van der Waals surface area (Å²) in [5, 5.41) is 9.31. The highest BCUT2D eigenvalue weighted by Gasteiger charge is 2.16. The largest absolute Gasteiger partial charge is 0.508 e. The summed E-state index contributed by atoms with van der Waals surface area (Å²) < 4.78 is 17.0. The Morgan fingerprint density at radius 2 is 0.800 bits per heavy atom. The van der Waals surface area contributed by atoms with Crippen LogP contribution in [0.4, 0.5) is 9.59 Å². The molecule has 0 bridgehead atoms. The van der Waals surface area contributed by atoms with E-state index in [1.54, 1.807) is 0 Å². The Hall–Kier alpha value is -1.54.